The van der Waals surface area contributed by atoms with Crippen LogP contribution >= 0.6 is 0 Å². The Balaban J connectivity index is -0.000000181. The molecular formula is C23H38O12. The summed E-state index contributed by atoms with van der Waals surface area (Å²) < 4.78 is 10.0. The number of carboxylic acids is 3. The first-order valence-corrected chi connectivity index (χ1v) is 10.2. The van der Waals surface area contributed by atoms with Gasteiger partial charge in [0.15, 0.2) is 0 Å². The second kappa shape index (κ2) is 26.9. The number of aliphatic carboxylic acids is 3. The van der Waals surface area contributed by atoms with E-state index in [2.05, 4.69) is 26.3 Å². The minimum atomic E-state index is -0.981. The summed E-state index contributed by atoms with van der Waals surface area (Å²) in [5, 5.41) is 48.8. The molecule has 0 aromatic heterocycles. The van der Waals surface area contributed by atoms with Crippen LogP contribution in [0.25, 0.3) is 0 Å². The minimum Gasteiger partial charge on any atom is -0.478 e. The Morgan fingerprint density at radius 3 is 1.40 bits per heavy atom. The Kier molecular flexibility index (Phi) is 29.9. The van der Waals surface area contributed by atoms with Crippen molar-refractivity contribution in [2.24, 2.45) is 5.41 Å². The monoisotopic (exact) mass is 506 g/mol. The molecule has 1 fully saturated rings. The van der Waals surface area contributed by atoms with Crippen molar-refractivity contribution >= 4 is 23.9 Å². The van der Waals surface area contributed by atoms with Crippen molar-refractivity contribution in [3.8, 4) is 0 Å². The zero-order chi connectivity index (χ0) is 28.3. The SMILES string of the molecule is C=CC(=O)O.C=CC(=O)O.C=CC(=O)O.C=CC(=O)OCC1CCCO1.CCC(CO)(CO)CO. The Hall–Kier alpha value is -3.32. The fraction of sp³-hybridized carbons (Fsp3) is 0.478. The highest BCUT2D eigenvalue weighted by molar-refractivity contribution is 5.81. The van der Waals surface area contributed by atoms with E-state index in [1.807, 2.05) is 6.92 Å². The van der Waals surface area contributed by atoms with Crippen LogP contribution in [-0.2, 0) is 28.7 Å². The van der Waals surface area contributed by atoms with E-state index in [9.17, 15) is 19.2 Å². The Morgan fingerprint density at radius 1 is 0.857 bits per heavy atom. The number of esters is 1. The van der Waals surface area contributed by atoms with Crippen LogP contribution in [0.4, 0.5) is 0 Å². The summed E-state index contributed by atoms with van der Waals surface area (Å²) in [6.45, 7) is 14.7. The molecule has 12 heteroatoms. The van der Waals surface area contributed by atoms with Crippen LogP contribution in [0, 0.1) is 5.41 Å². The number of hydrogen-bond donors (Lipinski definition) is 6. The predicted octanol–water partition coefficient (Wildman–Crippen LogP) is 1.03. The van der Waals surface area contributed by atoms with E-state index in [0.717, 1.165) is 43.8 Å². The molecule has 12 nitrogen and oxygen atoms in total. The molecule has 1 unspecified atom stereocenters. The van der Waals surface area contributed by atoms with Crippen molar-refractivity contribution in [2.45, 2.75) is 32.3 Å². The molecule has 0 aliphatic carbocycles. The molecule has 1 heterocycles. The molecule has 35 heavy (non-hydrogen) atoms. The van der Waals surface area contributed by atoms with Crippen LogP contribution in [0.3, 0.4) is 0 Å². The average Bonchev–Trinajstić information content (AvgIpc) is 3.39. The summed E-state index contributed by atoms with van der Waals surface area (Å²) in [7, 11) is 0. The lowest BCUT2D eigenvalue weighted by atomic mass is 9.88. The summed E-state index contributed by atoms with van der Waals surface area (Å²) in [6, 6.07) is 0. The third-order valence-corrected chi connectivity index (χ3v) is 3.88. The number of carbonyl (C=O) groups excluding carboxylic acids is 1. The van der Waals surface area contributed by atoms with E-state index in [1.54, 1.807) is 0 Å². The van der Waals surface area contributed by atoms with Gasteiger partial charge in [0.05, 0.1) is 25.9 Å². The molecule has 1 rings (SSSR count). The summed E-state index contributed by atoms with van der Waals surface area (Å²) in [5.41, 5.74) is -0.667. The fourth-order valence-electron chi connectivity index (χ4n) is 1.50. The fourth-order valence-corrected chi connectivity index (χ4v) is 1.50. The third-order valence-electron chi connectivity index (χ3n) is 3.88. The molecule has 0 aromatic rings. The number of rotatable bonds is 10. The first-order valence-electron chi connectivity index (χ1n) is 10.2. The lowest BCUT2D eigenvalue weighted by molar-refractivity contribution is -0.141. The van der Waals surface area contributed by atoms with Gasteiger partial charge >= 0.3 is 23.9 Å². The van der Waals surface area contributed by atoms with Crippen LogP contribution in [-0.4, -0.2) is 93.7 Å². The molecule has 0 aromatic carbocycles. The smallest absolute Gasteiger partial charge is 0.330 e. The van der Waals surface area contributed by atoms with E-state index in [0.29, 0.717) is 13.0 Å². The Bertz CT molecular complexity index is 572. The van der Waals surface area contributed by atoms with Crippen LogP contribution in [0.2, 0.25) is 0 Å². The summed E-state index contributed by atoms with van der Waals surface area (Å²) in [5.74, 6) is -3.32. The molecule has 202 valence electrons. The third kappa shape index (κ3) is 30.7. The van der Waals surface area contributed by atoms with Gasteiger partial charge in [-0.3, -0.25) is 0 Å². The summed E-state index contributed by atoms with van der Waals surface area (Å²) in [6.07, 6.45) is 6.42. The normalized spacial score (nSPS) is 13.1. The van der Waals surface area contributed by atoms with Crippen LogP contribution < -0.4 is 0 Å². The highest BCUT2D eigenvalue weighted by Gasteiger charge is 2.24. The van der Waals surface area contributed by atoms with Gasteiger partial charge in [-0.05, 0) is 19.3 Å². The minimum absolute atomic E-state index is 0.110. The van der Waals surface area contributed by atoms with Gasteiger partial charge in [-0.15, -0.1) is 0 Å². The number of ether oxygens (including phenoxy) is 2. The molecule has 1 aliphatic rings. The second-order valence-electron chi connectivity index (χ2n) is 6.42. The van der Waals surface area contributed by atoms with Gasteiger partial charge in [0.1, 0.15) is 6.61 Å². The van der Waals surface area contributed by atoms with Crippen molar-refractivity contribution in [3.05, 3.63) is 50.6 Å². The van der Waals surface area contributed by atoms with Gasteiger partial charge in [0, 0.05) is 36.3 Å². The van der Waals surface area contributed by atoms with Gasteiger partial charge in [0.25, 0.3) is 0 Å². The maximum Gasteiger partial charge on any atom is 0.330 e. The molecule has 1 aliphatic heterocycles. The molecule has 1 atom stereocenters. The number of carboxylic acid groups (broad SMARTS) is 3. The van der Waals surface area contributed by atoms with E-state index in [-0.39, 0.29) is 31.9 Å². The number of carbonyl (C=O) groups is 4. The first kappa shape index (κ1) is 38.9. The topological polar surface area (TPSA) is 208 Å². The van der Waals surface area contributed by atoms with Crippen molar-refractivity contribution in [3.63, 3.8) is 0 Å². The molecule has 6 N–H and O–H groups in total. The van der Waals surface area contributed by atoms with Crippen LogP contribution in [0.15, 0.2) is 50.6 Å². The second-order valence-corrected chi connectivity index (χ2v) is 6.42. The molecule has 1 saturated heterocycles. The van der Waals surface area contributed by atoms with E-state index in [4.69, 9.17) is 40.1 Å². The maximum absolute atomic E-state index is 10.6. The largest absolute Gasteiger partial charge is 0.478 e. The standard InChI is InChI=1S/C8H12O3.C6H14O3.3C3H4O2/c1-2-8(9)11-6-7-4-3-5-10-7;1-2-6(3-7,4-8)5-9;3*1-2-3(4)5/h2,7H,1,3-6H2;7-9H,2-5H2,1H3;3*2H,1H2,(H,4,5). The van der Waals surface area contributed by atoms with Crippen molar-refractivity contribution < 1.29 is 59.3 Å². The lowest BCUT2D eigenvalue weighted by Gasteiger charge is -2.24. The van der Waals surface area contributed by atoms with Crippen LogP contribution in [0.5, 0.6) is 0 Å². The maximum atomic E-state index is 10.6. The molecule has 0 bridgehead atoms. The predicted molar refractivity (Wildman–Crippen MR) is 128 cm³/mol. The number of aliphatic hydroxyl groups is 3. The van der Waals surface area contributed by atoms with Gasteiger partial charge in [-0.2, -0.15) is 0 Å². The molecule has 0 spiro atoms. The first-order chi connectivity index (χ1) is 16.4. The van der Waals surface area contributed by atoms with Gasteiger partial charge in [-0.1, -0.05) is 33.2 Å². The number of hydrogen-bond acceptors (Lipinski definition) is 9. The van der Waals surface area contributed by atoms with Gasteiger partial charge in [0.2, 0.25) is 0 Å². The van der Waals surface area contributed by atoms with Gasteiger partial charge < -0.3 is 40.1 Å². The van der Waals surface area contributed by atoms with Gasteiger partial charge in [-0.25, -0.2) is 19.2 Å². The Morgan fingerprint density at radius 2 is 1.23 bits per heavy atom. The highest BCUT2D eigenvalue weighted by atomic mass is 16.6. The zero-order valence-electron chi connectivity index (χ0n) is 20.0. The molecule has 0 saturated carbocycles. The van der Waals surface area contributed by atoms with Crippen molar-refractivity contribution in [1.29, 1.82) is 0 Å². The Labute approximate surface area is 205 Å². The van der Waals surface area contributed by atoms with Crippen molar-refractivity contribution in [2.75, 3.05) is 33.0 Å². The lowest BCUT2D eigenvalue weighted by Crippen LogP contribution is -2.32. The quantitative estimate of drug-likeness (QED) is 0.181. The van der Waals surface area contributed by atoms with E-state index in [1.165, 1.54) is 0 Å². The van der Waals surface area contributed by atoms with E-state index >= 15 is 0 Å². The van der Waals surface area contributed by atoms with Crippen LogP contribution in [0.1, 0.15) is 26.2 Å². The zero-order valence-corrected chi connectivity index (χ0v) is 20.0. The molecular weight excluding hydrogens is 468 g/mol. The summed E-state index contributed by atoms with van der Waals surface area (Å²) >= 11 is 0. The molecule has 0 radical (unpaired) electrons. The van der Waals surface area contributed by atoms with Crippen molar-refractivity contribution in [1.82, 2.24) is 0 Å². The van der Waals surface area contributed by atoms with E-state index < -0.39 is 23.3 Å². The number of aliphatic hydroxyl groups excluding tert-OH is 3. The average molecular weight is 507 g/mol. The molecule has 0 amide bonds. The summed E-state index contributed by atoms with van der Waals surface area (Å²) in [4.78, 5) is 38.3. The highest BCUT2D eigenvalue weighted by Crippen LogP contribution is 2.18.